The Kier molecular flexibility index (Phi) is 5.92. The minimum absolute atomic E-state index is 0.00742. The first kappa shape index (κ1) is 19.6. The second-order valence-corrected chi connectivity index (χ2v) is 8.43. The average Bonchev–Trinajstić information content (AvgIpc) is 3.29. The van der Waals surface area contributed by atoms with Crippen LogP contribution < -0.4 is 4.90 Å². The van der Waals surface area contributed by atoms with Crippen LogP contribution in [-0.2, 0) is 6.54 Å². The number of aromatic nitrogens is 1. The van der Waals surface area contributed by atoms with Crippen LogP contribution in [0.15, 0.2) is 60.0 Å². The van der Waals surface area contributed by atoms with E-state index in [4.69, 9.17) is 4.98 Å². The first-order chi connectivity index (χ1) is 14.1. The molecule has 0 unspecified atom stereocenters. The molecule has 5 nitrogen and oxygen atoms in total. The minimum Gasteiger partial charge on any atom is -0.353 e. The zero-order valence-corrected chi connectivity index (χ0v) is 17.7. The van der Waals surface area contributed by atoms with Gasteiger partial charge in [0.15, 0.2) is 0 Å². The zero-order chi connectivity index (χ0) is 20.2. The maximum atomic E-state index is 13.3. The molecule has 1 aromatic carbocycles. The number of nitrogens with zero attached hydrogens (tertiary/aromatic N) is 4. The van der Waals surface area contributed by atoms with Crippen molar-refractivity contribution in [3.63, 3.8) is 0 Å². The number of amides is 1. The Morgan fingerprint density at radius 2 is 1.79 bits per heavy atom. The van der Waals surface area contributed by atoms with Gasteiger partial charge in [-0.05, 0) is 36.2 Å². The number of anilines is 1. The van der Waals surface area contributed by atoms with Gasteiger partial charge in [0.05, 0.1) is 16.1 Å². The van der Waals surface area contributed by atoms with Crippen LogP contribution in [0.5, 0.6) is 0 Å². The molecule has 29 heavy (non-hydrogen) atoms. The fourth-order valence-corrected chi connectivity index (χ4v) is 4.27. The van der Waals surface area contributed by atoms with Crippen molar-refractivity contribution in [3.8, 4) is 10.6 Å². The van der Waals surface area contributed by atoms with E-state index in [0.717, 1.165) is 48.1 Å². The summed E-state index contributed by atoms with van der Waals surface area (Å²) >= 11 is 1.67. The molecule has 0 saturated carbocycles. The molecule has 0 aliphatic carbocycles. The van der Waals surface area contributed by atoms with Crippen LogP contribution >= 0.6 is 11.3 Å². The molecule has 1 saturated heterocycles. The van der Waals surface area contributed by atoms with E-state index in [1.54, 1.807) is 16.2 Å². The van der Waals surface area contributed by atoms with Crippen molar-refractivity contribution >= 4 is 23.1 Å². The molecule has 3 heterocycles. The standard InChI is InChI=1S/C23H26N4OS/c1-25-12-14-27(15-13-25)22-19(10-11-20(24-22)21-9-6-16-29-21)23(28)26(2)17-18-7-4-3-5-8-18/h3-11,16H,12-15,17H2,1-2H3. The van der Waals surface area contributed by atoms with Crippen LogP contribution in [-0.4, -0.2) is 61.0 Å². The van der Waals surface area contributed by atoms with E-state index in [2.05, 4.69) is 28.3 Å². The van der Waals surface area contributed by atoms with Gasteiger partial charge in [0, 0.05) is 39.8 Å². The summed E-state index contributed by atoms with van der Waals surface area (Å²) in [4.78, 5) is 25.7. The van der Waals surface area contributed by atoms with Gasteiger partial charge in [0.25, 0.3) is 5.91 Å². The van der Waals surface area contributed by atoms with Crippen molar-refractivity contribution in [2.45, 2.75) is 6.54 Å². The molecular formula is C23H26N4OS. The topological polar surface area (TPSA) is 39.7 Å². The molecule has 6 heteroatoms. The lowest BCUT2D eigenvalue weighted by atomic mass is 10.1. The summed E-state index contributed by atoms with van der Waals surface area (Å²) in [5, 5.41) is 2.05. The Morgan fingerprint density at radius 3 is 2.48 bits per heavy atom. The van der Waals surface area contributed by atoms with Crippen molar-refractivity contribution in [1.29, 1.82) is 0 Å². The van der Waals surface area contributed by atoms with E-state index in [-0.39, 0.29) is 5.91 Å². The van der Waals surface area contributed by atoms with Crippen LogP contribution in [0.3, 0.4) is 0 Å². The van der Waals surface area contributed by atoms with Crippen LogP contribution in [0.4, 0.5) is 5.82 Å². The monoisotopic (exact) mass is 406 g/mol. The number of rotatable bonds is 5. The smallest absolute Gasteiger partial charge is 0.257 e. The van der Waals surface area contributed by atoms with Crippen LogP contribution in [0.1, 0.15) is 15.9 Å². The fourth-order valence-electron chi connectivity index (χ4n) is 3.57. The number of benzene rings is 1. The van der Waals surface area contributed by atoms with Gasteiger partial charge in [0.2, 0.25) is 0 Å². The molecule has 1 amide bonds. The molecule has 0 atom stereocenters. The minimum atomic E-state index is 0.00742. The molecule has 0 spiro atoms. The van der Waals surface area contributed by atoms with Crippen LogP contribution in [0, 0.1) is 0 Å². The van der Waals surface area contributed by atoms with Gasteiger partial charge in [-0.15, -0.1) is 11.3 Å². The predicted octanol–water partition coefficient (Wildman–Crippen LogP) is 3.83. The largest absolute Gasteiger partial charge is 0.353 e. The quantitative estimate of drug-likeness (QED) is 0.646. The van der Waals surface area contributed by atoms with Crippen LogP contribution in [0.25, 0.3) is 10.6 Å². The third kappa shape index (κ3) is 4.49. The highest BCUT2D eigenvalue weighted by Gasteiger charge is 2.24. The molecule has 0 N–H and O–H groups in total. The summed E-state index contributed by atoms with van der Waals surface area (Å²) in [6.45, 7) is 4.27. The maximum absolute atomic E-state index is 13.3. The summed E-state index contributed by atoms with van der Waals surface area (Å²) in [7, 11) is 3.99. The highest BCUT2D eigenvalue weighted by molar-refractivity contribution is 7.13. The number of pyridine rings is 1. The van der Waals surface area contributed by atoms with Gasteiger partial charge in [-0.1, -0.05) is 36.4 Å². The highest BCUT2D eigenvalue weighted by Crippen LogP contribution is 2.29. The molecule has 1 fully saturated rings. The molecule has 0 bridgehead atoms. The fraction of sp³-hybridized carbons (Fsp3) is 0.304. The lowest BCUT2D eigenvalue weighted by molar-refractivity contribution is 0.0785. The number of carbonyl (C=O) groups excluding carboxylic acids is 1. The van der Waals surface area contributed by atoms with Gasteiger partial charge in [-0.25, -0.2) is 4.98 Å². The van der Waals surface area contributed by atoms with Crippen molar-refractivity contribution < 1.29 is 4.79 Å². The van der Waals surface area contributed by atoms with Crippen molar-refractivity contribution in [1.82, 2.24) is 14.8 Å². The molecule has 2 aromatic heterocycles. The van der Waals surface area contributed by atoms with Crippen LogP contribution in [0.2, 0.25) is 0 Å². The van der Waals surface area contributed by atoms with Crippen molar-refractivity contribution in [3.05, 3.63) is 71.1 Å². The number of hydrogen-bond acceptors (Lipinski definition) is 5. The first-order valence-electron chi connectivity index (χ1n) is 9.89. The number of hydrogen-bond donors (Lipinski definition) is 0. The third-order valence-electron chi connectivity index (χ3n) is 5.29. The Balaban J connectivity index is 1.64. The summed E-state index contributed by atoms with van der Waals surface area (Å²) in [5.41, 5.74) is 2.72. The number of thiophene rings is 1. The average molecular weight is 407 g/mol. The zero-order valence-electron chi connectivity index (χ0n) is 16.9. The predicted molar refractivity (Wildman–Crippen MR) is 119 cm³/mol. The molecule has 1 aliphatic rings. The summed E-state index contributed by atoms with van der Waals surface area (Å²) in [6.07, 6.45) is 0. The van der Waals surface area contributed by atoms with E-state index in [0.29, 0.717) is 12.1 Å². The molecular weight excluding hydrogens is 380 g/mol. The molecule has 1 aliphatic heterocycles. The van der Waals surface area contributed by atoms with Gasteiger partial charge in [-0.2, -0.15) is 0 Å². The van der Waals surface area contributed by atoms with E-state index < -0.39 is 0 Å². The highest BCUT2D eigenvalue weighted by atomic mass is 32.1. The van der Waals surface area contributed by atoms with E-state index in [9.17, 15) is 4.79 Å². The van der Waals surface area contributed by atoms with Crippen molar-refractivity contribution in [2.24, 2.45) is 0 Å². The Hall–Kier alpha value is -2.70. The third-order valence-corrected chi connectivity index (χ3v) is 6.18. The maximum Gasteiger partial charge on any atom is 0.257 e. The van der Waals surface area contributed by atoms with Gasteiger partial charge < -0.3 is 14.7 Å². The SMILES string of the molecule is CN1CCN(c2nc(-c3cccs3)ccc2C(=O)N(C)Cc2ccccc2)CC1. The van der Waals surface area contributed by atoms with E-state index in [1.165, 1.54) is 0 Å². The summed E-state index contributed by atoms with van der Waals surface area (Å²) in [5.74, 6) is 0.807. The lowest BCUT2D eigenvalue weighted by Gasteiger charge is -2.34. The summed E-state index contributed by atoms with van der Waals surface area (Å²) < 4.78 is 0. The lowest BCUT2D eigenvalue weighted by Crippen LogP contribution is -2.45. The Labute approximate surface area is 176 Å². The normalized spacial score (nSPS) is 14.8. The van der Waals surface area contributed by atoms with Crippen molar-refractivity contribution in [2.75, 3.05) is 45.2 Å². The molecule has 0 radical (unpaired) electrons. The molecule has 3 aromatic rings. The van der Waals surface area contributed by atoms with E-state index >= 15 is 0 Å². The summed E-state index contributed by atoms with van der Waals surface area (Å²) in [6, 6.07) is 18.1. The Bertz CT molecular complexity index is 950. The molecule has 150 valence electrons. The second-order valence-electron chi connectivity index (χ2n) is 7.48. The van der Waals surface area contributed by atoms with Gasteiger partial charge in [0.1, 0.15) is 5.82 Å². The molecule has 4 rings (SSSR count). The number of piperazine rings is 1. The van der Waals surface area contributed by atoms with Gasteiger partial charge in [-0.3, -0.25) is 4.79 Å². The Morgan fingerprint density at radius 1 is 1.03 bits per heavy atom. The number of carbonyl (C=O) groups is 1. The van der Waals surface area contributed by atoms with Gasteiger partial charge >= 0.3 is 0 Å². The second kappa shape index (κ2) is 8.76. The van der Waals surface area contributed by atoms with E-state index in [1.807, 2.05) is 55.6 Å². The first-order valence-corrected chi connectivity index (χ1v) is 10.8. The number of likely N-dealkylation sites (N-methyl/N-ethyl adjacent to an activating group) is 1.